The van der Waals surface area contributed by atoms with E-state index in [0.717, 1.165) is 0 Å². The molecule has 3 rings (SSSR count). The molecule has 1 aliphatic heterocycles. The molecule has 0 spiro atoms. The first-order chi connectivity index (χ1) is 12.4. The topological polar surface area (TPSA) is 120 Å². The number of carbonyl (C=O) groups excluding carboxylic acids is 1. The number of sulfonamides is 1. The van der Waals surface area contributed by atoms with Gasteiger partial charge in [-0.05, 0) is 36.4 Å². The van der Waals surface area contributed by atoms with Gasteiger partial charge in [-0.25, -0.2) is 13.4 Å². The second kappa shape index (κ2) is 7.11. The molecule has 2 aromatic rings. The maximum atomic E-state index is 12.7. The SMILES string of the molecule is N#Cc1ccc(S(=O)(=O)N2CCN(c3ncccc3C(N)=O)CC2)cc1. The molecule has 0 saturated carbocycles. The number of piperazine rings is 1. The maximum Gasteiger partial charge on any atom is 0.252 e. The van der Waals surface area contributed by atoms with Crippen LogP contribution in [0.25, 0.3) is 0 Å². The molecule has 8 nitrogen and oxygen atoms in total. The monoisotopic (exact) mass is 371 g/mol. The fraction of sp³-hybridized carbons (Fsp3) is 0.235. The number of carbonyl (C=O) groups is 1. The number of primary amides is 1. The number of hydrogen-bond acceptors (Lipinski definition) is 6. The molecule has 1 saturated heterocycles. The largest absolute Gasteiger partial charge is 0.365 e. The predicted molar refractivity (Wildman–Crippen MR) is 94.9 cm³/mol. The summed E-state index contributed by atoms with van der Waals surface area (Å²) in [6, 6.07) is 11.0. The number of amides is 1. The second-order valence-corrected chi connectivity index (χ2v) is 7.70. The Balaban J connectivity index is 1.76. The van der Waals surface area contributed by atoms with Gasteiger partial charge in [-0.1, -0.05) is 0 Å². The third-order valence-electron chi connectivity index (χ3n) is 4.21. The van der Waals surface area contributed by atoms with Gasteiger partial charge >= 0.3 is 0 Å². The minimum absolute atomic E-state index is 0.153. The summed E-state index contributed by atoms with van der Waals surface area (Å²) in [6.45, 7) is 1.31. The smallest absolute Gasteiger partial charge is 0.252 e. The van der Waals surface area contributed by atoms with E-state index in [-0.39, 0.29) is 18.0 Å². The van der Waals surface area contributed by atoms with Gasteiger partial charge in [-0.3, -0.25) is 4.79 Å². The molecule has 1 aromatic heterocycles. The zero-order valence-electron chi connectivity index (χ0n) is 13.9. The molecule has 9 heteroatoms. The number of benzene rings is 1. The van der Waals surface area contributed by atoms with Gasteiger partial charge in [0, 0.05) is 32.4 Å². The zero-order valence-corrected chi connectivity index (χ0v) is 14.7. The van der Waals surface area contributed by atoms with Crippen molar-refractivity contribution in [1.82, 2.24) is 9.29 Å². The van der Waals surface area contributed by atoms with E-state index in [1.807, 2.05) is 11.0 Å². The molecular weight excluding hydrogens is 354 g/mol. The summed E-state index contributed by atoms with van der Waals surface area (Å²) in [5, 5.41) is 8.82. The highest BCUT2D eigenvalue weighted by Crippen LogP contribution is 2.22. The van der Waals surface area contributed by atoms with Gasteiger partial charge in [-0.2, -0.15) is 9.57 Å². The number of nitriles is 1. The summed E-state index contributed by atoms with van der Waals surface area (Å²) in [7, 11) is -3.63. The Morgan fingerprint density at radius 1 is 1.12 bits per heavy atom. The summed E-state index contributed by atoms with van der Waals surface area (Å²) < 4.78 is 26.9. The van der Waals surface area contributed by atoms with Gasteiger partial charge in [-0.15, -0.1) is 0 Å². The van der Waals surface area contributed by atoms with Crippen LogP contribution < -0.4 is 10.6 Å². The molecule has 0 bridgehead atoms. The van der Waals surface area contributed by atoms with Crippen molar-refractivity contribution in [3.05, 3.63) is 53.7 Å². The van der Waals surface area contributed by atoms with Crippen molar-refractivity contribution in [2.75, 3.05) is 31.1 Å². The predicted octanol–water partition coefficient (Wildman–Crippen LogP) is 0.563. The van der Waals surface area contributed by atoms with Gasteiger partial charge in [0.25, 0.3) is 5.91 Å². The minimum atomic E-state index is -3.63. The lowest BCUT2D eigenvalue weighted by Gasteiger charge is -2.35. The molecule has 134 valence electrons. The lowest BCUT2D eigenvalue weighted by atomic mass is 10.2. The maximum absolute atomic E-state index is 12.7. The van der Waals surface area contributed by atoms with Crippen molar-refractivity contribution in [2.45, 2.75) is 4.90 Å². The van der Waals surface area contributed by atoms with E-state index in [1.54, 1.807) is 18.3 Å². The van der Waals surface area contributed by atoms with Crippen LogP contribution in [0.2, 0.25) is 0 Å². The van der Waals surface area contributed by atoms with Crippen LogP contribution in [0.4, 0.5) is 5.82 Å². The number of nitrogens with two attached hydrogens (primary N) is 1. The molecule has 0 atom stereocenters. The average molecular weight is 371 g/mol. The second-order valence-electron chi connectivity index (χ2n) is 5.77. The average Bonchev–Trinajstić information content (AvgIpc) is 2.68. The third-order valence-corrected chi connectivity index (χ3v) is 6.12. The first-order valence-electron chi connectivity index (χ1n) is 7.93. The fourth-order valence-corrected chi connectivity index (χ4v) is 4.25. The number of rotatable bonds is 4. The first kappa shape index (κ1) is 17.8. The number of hydrogen-bond donors (Lipinski definition) is 1. The van der Waals surface area contributed by atoms with Crippen molar-refractivity contribution in [1.29, 1.82) is 5.26 Å². The summed E-state index contributed by atoms with van der Waals surface area (Å²) >= 11 is 0. The molecule has 0 radical (unpaired) electrons. The summed E-state index contributed by atoms with van der Waals surface area (Å²) in [5.41, 5.74) is 6.10. The molecule has 2 N–H and O–H groups in total. The Hall–Kier alpha value is -2.96. The molecule has 1 fully saturated rings. The molecule has 0 aliphatic carbocycles. The van der Waals surface area contributed by atoms with Gasteiger partial charge < -0.3 is 10.6 Å². The van der Waals surface area contributed by atoms with E-state index in [4.69, 9.17) is 11.0 Å². The summed E-state index contributed by atoms with van der Waals surface area (Å²) in [6.07, 6.45) is 1.57. The van der Waals surface area contributed by atoms with E-state index in [2.05, 4.69) is 4.98 Å². The van der Waals surface area contributed by atoms with E-state index >= 15 is 0 Å². The summed E-state index contributed by atoms with van der Waals surface area (Å²) in [4.78, 5) is 17.8. The van der Waals surface area contributed by atoms with Gasteiger partial charge in [0.1, 0.15) is 5.82 Å². The Labute approximate surface area is 151 Å². The van der Waals surface area contributed by atoms with Crippen molar-refractivity contribution < 1.29 is 13.2 Å². The van der Waals surface area contributed by atoms with Crippen molar-refractivity contribution in [2.24, 2.45) is 5.73 Å². The van der Waals surface area contributed by atoms with Crippen LogP contribution in [0.5, 0.6) is 0 Å². The van der Waals surface area contributed by atoms with E-state index in [0.29, 0.717) is 30.0 Å². The van der Waals surface area contributed by atoms with Crippen molar-refractivity contribution >= 4 is 21.7 Å². The summed E-state index contributed by atoms with van der Waals surface area (Å²) in [5.74, 6) is -0.101. The van der Waals surface area contributed by atoms with Crippen LogP contribution in [0.3, 0.4) is 0 Å². The standard InChI is InChI=1S/C17H17N5O3S/c18-12-13-3-5-14(6-4-13)26(24,25)22-10-8-21(9-11-22)17-15(16(19)23)2-1-7-20-17/h1-7H,8-11H2,(H2,19,23). The third kappa shape index (κ3) is 3.37. The van der Waals surface area contributed by atoms with E-state index < -0.39 is 15.9 Å². The number of aromatic nitrogens is 1. The minimum Gasteiger partial charge on any atom is -0.365 e. The fourth-order valence-electron chi connectivity index (χ4n) is 2.83. The molecule has 1 aromatic carbocycles. The van der Waals surface area contributed by atoms with Gasteiger partial charge in [0.2, 0.25) is 10.0 Å². The van der Waals surface area contributed by atoms with E-state index in [1.165, 1.54) is 28.6 Å². The Morgan fingerprint density at radius 2 is 1.77 bits per heavy atom. The van der Waals surface area contributed by atoms with Gasteiger partial charge in [0.05, 0.1) is 22.1 Å². The lowest BCUT2D eigenvalue weighted by Crippen LogP contribution is -2.49. The van der Waals surface area contributed by atoms with Crippen molar-refractivity contribution in [3.63, 3.8) is 0 Å². The molecule has 2 heterocycles. The number of nitrogens with zero attached hydrogens (tertiary/aromatic N) is 4. The highest BCUT2D eigenvalue weighted by atomic mass is 32.2. The van der Waals surface area contributed by atoms with Crippen molar-refractivity contribution in [3.8, 4) is 6.07 Å². The quantitative estimate of drug-likeness (QED) is 0.838. The normalized spacial score (nSPS) is 15.4. The van der Waals surface area contributed by atoms with E-state index in [9.17, 15) is 13.2 Å². The highest BCUT2D eigenvalue weighted by molar-refractivity contribution is 7.89. The van der Waals surface area contributed by atoms with Gasteiger partial charge in [0.15, 0.2) is 0 Å². The Kier molecular flexibility index (Phi) is 4.88. The molecule has 0 unspecified atom stereocenters. The van der Waals surface area contributed by atoms with Crippen LogP contribution in [0.15, 0.2) is 47.5 Å². The number of anilines is 1. The van der Waals surface area contributed by atoms with Crippen LogP contribution in [-0.2, 0) is 10.0 Å². The Bertz CT molecular complexity index is 959. The van der Waals surface area contributed by atoms with Crippen LogP contribution in [0.1, 0.15) is 15.9 Å². The molecule has 26 heavy (non-hydrogen) atoms. The van der Waals surface area contributed by atoms with Crippen LogP contribution in [-0.4, -0.2) is 49.8 Å². The first-order valence-corrected chi connectivity index (χ1v) is 9.37. The zero-order chi connectivity index (χ0) is 18.7. The molecule has 1 amide bonds. The highest BCUT2D eigenvalue weighted by Gasteiger charge is 2.29. The van der Waals surface area contributed by atoms with Crippen LogP contribution >= 0.6 is 0 Å². The lowest BCUT2D eigenvalue weighted by molar-refractivity contribution is 0.1000. The number of pyridine rings is 1. The molecule has 1 aliphatic rings. The molecular formula is C17H17N5O3S. The van der Waals surface area contributed by atoms with Crippen LogP contribution in [0, 0.1) is 11.3 Å². The Morgan fingerprint density at radius 3 is 2.35 bits per heavy atom.